The minimum Gasteiger partial charge on any atom is -0.508 e. The molecular formula is C25H23F3N4O2S. The largest absolute Gasteiger partial charge is 0.508 e. The smallest absolute Gasteiger partial charge is 0.414 e. The minimum atomic E-state index is -3.92. The van der Waals surface area contributed by atoms with Crippen molar-refractivity contribution in [3.63, 3.8) is 0 Å². The number of hydrogen-bond donors (Lipinski definition) is 3. The number of aromatic hydroxyl groups is 1. The Morgan fingerprint density at radius 2 is 1.60 bits per heavy atom. The van der Waals surface area contributed by atoms with Crippen molar-refractivity contribution in [2.75, 3.05) is 17.7 Å². The van der Waals surface area contributed by atoms with Gasteiger partial charge in [-0.05, 0) is 46.5 Å². The predicted octanol–water partition coefficient (Wildman–Crippen LogP) is 5.99. The highest BCUT2D eigenvalue weighted by Gasteiger charge is 2.35. The van der Waals surface area contributed by atoms with E-state index >= 15 is 0 Å². The molecule has 6 nitrogen and oxygen atoms in total. The highest BCUT2D eigenvalue weighted by atomic mass is 32.1. The first-order chi connectivity index (χ1) is 16.7. The number of phenolic OH excluding ortho intramolecular Hbond substituents is 1. The summed E-state index contributed by atoms with van der Waals surface area (Å²) in [5.74, 6) is 0.703. The molecule has 0 amide bonds. The van der Waals surface area contributed by atoms with Gasteiger partial charge < -0.3 is 15.7 Å². The van der Waals surface area contributed by atoms with Crippen LogP contribution in [0.1, 0.15) is 11.1 Å². The third-order valence-corrected chi connectivity index (χ3v) is 5.37. The molecule has 35 heavy (non-hydrogen) atoms. The lowest BCUT2D eigenvalue weighted by Crippen LogP contribution is -2.16. The highest BCUT2D eigenvalue weighted by Crippen LogP contribution is 2.33. The average molecular weight is 501 g/mol. The molecule has 0 radical (unpaired) electrons. The molecule has 0 unspecified atom stereocenters. The van der Waals surface area contributed by atoms with Gasteiger partial charge in [-0.3, -0.25) is 4.98 Å². The number of nitrogens with zero attached hydrogens (tertiary/aromatic N) is 3. The molecule has 0 fully saturated rings. The molecule has 0 aliphatic carbocycles. The van der Waals surface area contributed by atoms with E-state index in [1.165, 1.54) is 23.8 Å². The Morgan fingerprint density at radius 3 is 2.20 bits per heavy atom. The number of thiol groups is 1. The predicted molar refractivity (Wildman–Crippen MR) is 132 cm³/mol. The van der Waals surface area contributed by atoms with Gasteiger partial charge in [0.2, 0.25) is 0 Å². The number of aromatic nitrogens is 2. The summed E-state index contributed by atoms with van der Waals surface area (Å²) < 4.78 is 36.4. The first-order valence-electron chi connectivity index (χ1n) is 10.3. The van der Waals surface area contributed by atoms with E-state index in [0.29, 0.717) is 11.5 Å². The summed E-state index contributed by atoms with van der Waals surface area (Å²) in [5.41, 5.74) is 9.14. The molecule has 0 aliphatic heterocycles. The number of hydrogen-bond acceptors (Lipinski definition) is 7. The summed E-state index contributed by atoms with van der Waals surface area (Å²) in [6.45, 7) is 0.765. The number of alkyl halides is 2. The second kappa shape index (κ2) is 11.6. The van der Waals surface area contributed by atoms with Crippen LogP contribution in [0.25, 0.3) is 11.3 Å². The fraction of sp³-hybridized carbons (Fsp3) is 0.120. The Balaban J connectivity index is 0.000000241. The van der Waals surface area contributed by atoms with Crippen LogP contribution >= 0.6 is 12.6 Å². The van der Waals surface area contributed by atoms with E-state index in [1.807, 2.05) is 31.3 Å². The molecule has 0 spiro atoms. The summed E-state index contributed by atoms with van der Waals surface area (Å²) in [4.78, 5) is 13.0. The van der Waals surface area contributed by atoms with E-state index in [0.717, 1.165) is 23.9 Å². The van der Waals surface area contributed by atoms with Crippen molar-refractivity contribution in [1.82, 2.24) is 9.97 Å². The van der Waals surface area contributed by atoms with E-state index in [4.69, 9.17) is 5.73 Å². The maximum atomic E-state index is 12.5. The molecule has 0 bridgehead atoms. The van der Waals surface area contributed by atoms with Gasteiger partial charge in [-0.2, -0.15) is 8.78 Å². The topological polar surface area (TPSA) is 84.5 Å². The summed E-state index contributed by atoms with van der Waals surface area (Å²) in [6, 6.07) is 20.5. The third-order valence-electron chi connectivity index (χ3n) is 4.98. The number of halogens is 3. The molecule has 0 atom stereocenters. The Bertz CT molecular complexity index is 1240. The van der Waals surface area contributed by atoms with Gasteiger partial charge in [0.05, 0.1) is 5.56 Å². The molecule has 0 saturated carbocycles. The molecule has 4 aromatic rings. The lowest BCUT2D eigenvalue weighted by atomic mass is 10.1. The molecule has 0 aliphatic rings. The molecule has 4 rings (SSSR count). The summed E-state index contributed by atoms with van der Waals surface area (Å²) in [6.07, 6.45) is -0.698. The van der Waals surface area contributed by atoms with Crippen LogP contribution < -0.4 is 10.6 Å². The van der Waals surface area contributed by atoms with Crippen molar-refractivity contribution in [2.45, 2.75) is 17.5 Å². The molecule has 182 valence electrons. The van der Waals surface area contributed by atoms with Gasteiger partial charge in [0.15, 0.2) is 0 Å². The summed E-state index contributed by atoms with van der Waals surface area (Å²) in [7, 11) is 2.01. The van der Waals surface area contributed by atoms with Gasteiger partial charge in [0, 0.05) is 42.1 Å². The first-order valence-corrected chi connectivity index (χ1v) is 10.8. The van der Waals surface area contributed by atoms with Crippen LogP contribution in [0.15, 0.2) is 90.1 Å². The zero-order chi connectivity index (χ0) is 25.4. The van der Waals surface area contributed by atoms with E-state index in [1.54, 1.807) is 24.5 Å². The van der Waals surface area contributed by atoms with Crippen LogP contribution in [-0.2, 0) is 17.6 Å². The van der Waals surface area contributed by atoms with Gasteiger partial charge in [-0.25, -0.2) is 4.98 Å². The van der Waals surface area contributed by atoms with E-state index in [-0.39, 0.29) is 10.6 Å². The van der Waals surface area contributed by atoms with Gasteiger partial charge in [0.1, 0.15) is 17.3 Å². The number of anilines is 2. The summed E-state index contributed by atoms with van der Waals surface area (Å²) in [5, 5.41) is 9.35. The van der Waals surface area contributed by atoms with Crippen molar-refractivity contribution < 1.29 is 23.4 Å². The minimum absolute atomic E-state index is 0.0137. The van der Waals surface area contributed by atoms with E-state index in [2.05, 4.69) is 44.6 Å². The molecule has 1 heterocycles. The van der Waals surface area contributed by atoms with Gasteiger partial charge >= 0.3 is 6.11 Å². The molecule has 1 aromatic heterocycles. The maximum Gasteiger partial charge on any atom is 0.414 e. The fourth-order valence-corrected chi connectivity index (χ4v) is 3.46. The standard InChI is InChI=1S/C18H18N4O.C7H5F3OS/c1-22(15-6-8-16(23)9-7-15)12-13-2-4-14(5-3-13)17-18(19)21-11-10-20-17;8-7(9,11-10)5-3-1-2-4-6(5)12/h2-11,23H,12H2,1H3,(H2,19,21);1-4,12H. The van der Waals surface area contributed by atoms with Crippen molar-refractivity contribution >= 4 is 24.1 Å². The zero-order valence-electron chi connectivity index (χ0n) is 18.6. The monoisotopic (exact) mass is 500 g/mol. The molecule has 3 N–H and O–H groups in total. The van der Waals surface area contributed by atoms with Gasteiger partial charge in [0.25, 0.3) is 0 Å². The van der Waals surface area contributed by atoms with Crippen LogP contribution in [0.2, 0.25) is 0 Å². The fourth-order valence-electron chi connectivity index (χ4n) is 3.17. The average Bonchev–Trinajstić information content (AvgIpc) is 2.86. The number of nitrogen functional groups attached to an aromatic ring is 1. The van der Waals surface area contributed by atoms with Crippen LogP contribution in [0, 0.1) is 0 Å². The first kappa shape index (κ1) is 25.9. The van der Waals surface area contributed by atoms with E-state index in [9.17, 15) is 18.4 Å². The number of benzene rings is 3. The Kier molecular flexibility index (Phi) is 8.56. The van der Waals surface area contributed by atoms with Crippen LogP contribution in [0.5, 0.6) is 5.75 Å². The highest BCUT2D eigenvalue weighted by molar-refractivity contribution is 7.80. The number of rotatable bonds is 6. The Hall–Kier alpha value is -3.76. The maximum absolute atomic E-state index is 12.5. The molecule has 0 saturated heterocycles. The van der Waals surface area contributed by atoms with Crippen molar-refractivity contribution in [1.29, 1.82) is 0 Å². The van der Waals surface area contributed by atoms with Crippen molar-refractivity contribution in [2.24, 2.45) is 0 Å². The van der Waals surface area contributed by atoms with Crippen LogP contribution in [0.3, 0.4) is 0 Å². The van der Waals surface area contributed by atoms with Crippen molar-refractivity contribution in [3.8, 4) is 17.0 Å². The lowest BCUT2D eigenvalue weighted by Gasteiger charge is -2.19. The van der Waals surface area contributed by atoms with Gasteiger partial charge in [-0.1, -0.05) is 36.4 Å². The van der Waals surface area contributed by atoms with E-state index < -0.39 is 11.7 Å². The quantitative estimate of drug-likeness (QED) is 0.282. The van der Waals surface area contributed by atoms with Crippen LogP contribution in [0.4, 0.5) is 24.8 Å². The lowest BCUT2D eigenvalue weighted by molar-refractivity contribution is -0.365. The number of nitrogens with two attached hydrogens (primary N) is 1. The molecule has 10 heteroatoms. The normalized spacial score (nSPS) is 10.9. The van der Waals surface area contributed by atoms with Gasteiger partial charge in [-0.15, -0.1) is 17.6 Å². The second-order valence-corrected chi connectivity index (χ2v) is 7.95. The third kappa shape index (κ3) is 6.87. The Labute approximate surface area is 206 Å². The second-order valence-electron chi connectivity index (χ2n) is 7.47. The Morgan fingerprint density at radius 1 is 0.971 bits per heavy atom. The van der Waals surface area contributed by atoms with Crippen LogP contribution in [-0.4, -0.2) is 22.1 Å². The van der Waals surface area contributed by atoms with Crippen molar-refractivity contribution in [3.05, 3.63) is 96.3 Å². The summed E-state index contributed by atoms with van der Waals surface area (Å²) >= 11 is 3.72. The number of phenols is 1. The molecule has 3 aromatic carbocycles. The SMILES string of the molecule is CN(Cc1ccc(-c2nccnc2N)cc1)c1ccc(O)cc1.FOC(F)(F)c1ccccc1S. The zero-order valence-corrected chi connectivity index (χ0v) is 19.5. The molecular weight excluding hydrogens is 477 g/mol.